The Morgan fingerprint density at radius 2 is 2.00 bits per heavy atom. The van der Waals surface area contributed by atoms with Crippen LogP contribution in [-0.4, -0.2) is 12.6 Å². The molecule has 1 aliphatic carbocycles. The first kappa shape index (κ1) is 11.3. The van der Waals surface area contributed by atoms with Crippen LogP contribution < -0.4 is 5.32 Å². The third-order valence-corrected chi connectivity index (χ3v) is 4.36. The molecule has 1 aromatic rings. The molecule has 1 heteroatoms. The Morgan fingerprint density at radius 1 is 1.06 bits per heavy atom. The molecule has 2 aliphatic rings. The number of piperidine rings is 1. The number of hydrogen-bond acceptors (Lipinski definition) is 1. The molecule has 17 heavy (non-hydrogen) atoms. The number of nitrogens with one attached hydrogen (secondary N) is 1. The van der Waals surface area contributed by atoms with Gasteiger partial charge in [0.2, 0.25) is 0 Å². The van der Waals surface area contributed by atoms with E-state index in [1.54, 1.807) is 16.7 Å². The zero-order valence-corrected chi connectivity index (χ0v) is 10.7. The summed E-state index contributed by atoms with van der Waals surface area (Å²) in [5, 5.41) is 3.64. The van der Waals surface area contributed by atoms with E-state index in [2.05, 4.69) is 23.5 Å². The van der Waals surface area contributed by atoms with Crippen LogP contribution in [0.15, 0.2) is 18.2 Å². The highest BCUT2D eigenvalue weighted by atomic mass is 14.9. The molecular formula is C16H23N. The van der Waals surface area contributed by atoms with E-state index in [4.69, 9.17) is 0 Å². The molecule has 0 aromatic heterocycles. The Kier molecular flexibility index (Phi) is 3.46. The van der Waals surface area contributed by atoms with E-state index in [0.717, 1.165) is 6.04 Å². The minimum Gasteiger partial charge on any atom is -0.314 e. The summed E-state index contributed by atoms with van der Waals surface area (Å²) in [6.45, 7) is 1.23. The Morgan fingerprint density at radius 3 is 2.88 bits per heavy atom. The van der Waals surface area contributed by atoms with Crippen LogP contribution in [0.3, 0.4) is 0 Å². The van der Waals surface area contributed by atoms with Crippen molar-refractivity contribution in [1.82, 2.24) is 5.32 Å². The van der Waals surface area contributed by atoms with Crippen molar-refractivity contribution in [3.05, 3.63) is 34.9 Å². The monoisotopic (exact) mass is 229 g/mol. The van der Waals surface area contributed by atoms with Crippen molar-refractivity contribution in [2.75, 3.05) is 6.54 Å². The lowest BCUT2D eigenvalue weighted by molar-refractivity contribution is 0.383. The summed E-state index contributed by atoms with van der Waals surface area (Å²) in [5.41, 5.74) is 4.78. The molecule has 0 saturated carbocycles. The molecule has 3 rings (SSSR count). The fraction of sp³-hybridized carbons (Fsp3) is 0.625. The first-order valence-corrected chi connectivity index (χ1v) is 7.26. The predicted molar refractivity (Wildman–Crippen MR) is 72.4 cm³/mol. The Bertz CT molecular complexity index is 377. The van der Waals surface area contributed by atoms with Crippen LogP contribution in [0.25, 0.3) is 0 Å². The molecule has 0 amide bonds. The molecule has 1 N–H and O–H groups in total. The summed E-state index contributed by atoms with van der Waals surface area (Å²) in [4.78, 5) is 0. The summed E-state index contributed by atoms with van der Waals surface area (Å²) in [6.07, 6.45) is 10.7. The normalized spacial score (nSPS) is 23.6. The average Bonchev–Trinajstić information content (AvgIpc) is 2.85. The highest BCUT2D eigenvalue weighted by Gasteiger charge is 2.14. The maximum Gasteiger partial charge on any atom is 0.00702 e. The zero-order valence-electron chi connectivity index (χ0n) is 10.7. The van der Waals surface area contributed by atoms with Crippen molar-refractivity contribution in [1.29, 1.82) is 0 Å². The van der Waals surface area contributed by atoms with Crippen LogP contribution in [0.4, 0.5) is 0 Å². The largest absolute Gasteiger partial charge is 0.314 e. The van der Waals surface area contributed by atoms with E-state index < -0.39 is 0 Å². The second-order valence-corrected chi connectivity index (χ2v) is 5.64. The van der Waals surface area contributed by atoms with Crippen LogP contribution in [0.1, 0.15) is 48.8 Å². The van der Waals surface area contributed by atoms with Gasteiger partial charge in [0, 0.05) is 6.04 Å². The summed E-state index contributed by atoms with van der Waals surface area (Å²) in [7, 11) is 0. The van der Waals surface area contributed by atoms with E-state index >= 15 is 0 Å². The SMILES string of the molecule is c1cc2c(cc1CCC1CCCCN1)CCC2. The number of benzene rings is 1. The van der Waals surface area contributed by atoms with Crippen molar-refractivity contribution < 1.29 is 0 Å². The van der Waals surface area contributed by atoms with Crippen molar-refractivity contribution in [2.24, 2.45) is 0 Å². The third kappa shape index (κ3) is 2.71. The van der Waals surface area contributed by atoms with Crippen molar-refractivity contribution in [2.45, 2.75) is 57.4 Å². The van der Waals surface area contributed by atoms with Gasteiger partial charge in [-0.15, -0.1) is 0 Å². The number of rotatable bonds is 3. The fourth-order valence-corrected chi connectivity index (χ4v) is 3.29. The van der Waals surface area contributed by atoms with Crippen LogP contribution in [0, 0.1) is 0 Å². The van der Waals surface area contributed by atoms with Crippen LogP contribution in [0.5, 0.6) is 0 Å². The molecule has 92 valence electrons. The van der Waals surface area contributed by atoms with E-state index in [1.165, 1.54) is 57.9 Å². The maximum absolute atomic E-state index is 3.64. The Labute approximate surface area is 105 Å². The van der Waals surface area contributed by atoms with E-state index in [-0.39, 0.29) is 0 Å². The summed E-state index contributed by atoms with van der Waals surface area (Å²) in [5.74, 6) is 0. The minimum atomic E-state index is 0.775. The highest BCUT2D eigenvalue weighted by Crippen LogP contribution is 2.23. The molecule has 1 heterocycles. The third-order valence-electron chi connectivity index (χ3n) is 4.36. The summed E-state index contributed by atoms with van der Waals surface area (Å²) in [6, 6.07) is 7.96. The van der Waals surface area contributed by atoms with Crippen molar-refractivity contribution in [3.8, 4) is 0 Å². The Hall–Kier alpha value is -0.820. The van der Waals surface area contributed by atoms with Gasteiger partial charge in [-0.3, -0.25) is 0 Å². The van der Waals surface area contributed by atoms with E-state index in [9.17, 15) is 0 Å². The second kappa shape index (κ2) is 5.22. The minimum absolute atomic E-state index is 0.775. The van der Waals surface area contributed by atoms with Gasteiger partial charge in [-0.05, 0) is 68.2 Å². The molecule has 1 fully saturated rings. The highest BCUT2D eigenvalue weighted by molar-refractivity contribution is 5.35. The topological polar surface area (TPSA) is 12.0 Å². The van der Waals surface area contributed by atoms with E-state index in [0.29, 0.717) is 0 Å². The maximum atomic E-state index is 3.64. The quantitative estimate of drug-likeness (QED) is 0.839. The van der Waals surface area contributed by atoms with Crippen molar-refractivity contribution >= 4 is 0 Å². The molecule has 1 atom stereocenters. The molecule has 0 spiro atoms. The van der Waals surface area contributed by atoms with Gasteiger partial charge in [0.1, 0.15) is 0 Å². The number of fused-ring (bicyclic) bond motifs is 1. The standard InChI is InChI=1S/C16H23N/c1-2-11-17-16(6-1)10-8-13-7-9-14-4-3-5-15(14)12-13/h7,9,12,16-17H,1-6,8,10-11H2. The lowest BCUT2D eigenvalue weighted by Gasteiger charge is -2.23. The van der Waals surface area contributed by atoms with E-state index in [1.807, 2.05) is 0 Å². The molecule has 1 aliphatic heterocycles. The Balaban J connectivity index is 1.57. The van der Waals surface area contributed by atoms with Gasteiger partial charge in [0.05, 0.1) is 0 Å². The first-order valence-electron chi connectivity index (χ1n) is 7.26. The lowest BCUT2D eigenvalue weighted by atomic mass is 9.96. The van der Waals surface area contributed by atoms with Crippen LogP contribution in [0.2, 0.25) is 0 Å². The number of hydrogen-bond donors (Lipinski definition) is 1. The number of aryl methyl sites for hydroxylation is 3. The molecule has 1 saturated heterocycles. The smallest absolute Gasteiger partial charge is 0.00702 e. The predicted octanol–water partition coefficient (Wildman–Crippen LogP) is 3.25. The molecule has 0 radical (unpaired) electrons. The van der Waals surface area contributed by atoms with Gasteiger partial charge in [0.15, 0.2) is 0 Å². The fourth-order valence-electron chi connectivity index (χ4n) is 3.29. The van der Waals surface area contributed by atoms with Gasteiger partial charge in [0.25, 0.3) is 0 Å². The molecule has 1 nitrogen and oxygen atoms in total. The van der Waals surface area contributed by atoms with Crippen molar-refractivity contribution in [3.63, 3.8) is 0 Å². The molecule has 0 bridgehead atoms. The second-order valence-electron chi connectivity index (χ2n) is 5.64. The molecule has 1 aromatic carbocycles. The molecular weight excluding hydrogens is 206 g/mol. The zero-order chi connectivity index (χ0) is 11.5. The van der Waals surface area contributed by atoms with Gasteiger partial charge >= 0.3 is 0 Å². The first-order chi connectivity index (χ1) is 8.42. The summed E-state index contributed by atoms with van der Waals surface area (Å²) < 4.78 is 0. The summed E-state index contributed by atoms with van der Waals surface area (Å²) >= 11 is 0. The van der Waals surface area contributed by atoms with Gasteiger partial charge in [-0.25, -0.2) is 0 Å². The lowest BCUT2D eigenvalue weighted by Crippen LogP contribution is -2.34. The van der Waals surface area contributed by atoms with Gasteiger partial charge in [-0.1, -0.05) is 24.6 Å². The van der Waals surface area contributed by atoms with Gasteiger partial charge in [-0.2, -0.15) is 0 Å². The molecule has 1 unspecified atom stereocenters. The van der Waals surface area contributed by atoms with Crippen LogP contribution >= 0.6 is 0 Å². The average molecular weight is 229 g/mol. The van der Waals surface area contributed by atoms with Crippen LogP contribution in [-0.2, 0) is 19.3 Å². The van der Waals surface area contributed by atoms with Gasteiger partial charge < -0.3 is 5.32 Å².